The Morgan fingerprint density at radius 1 is 1.24 bits per heavy atom. The molecule has 0 saturated carbocycles. The van der Waals surface area contributed by atoms with Crippen LogP contribution < -0.4 is 5.32 Å². The Morgan fingerprint density at radius 3 is 2.76 bits per heavy atom. The lowest BCUT2D eigenvalue weighted by atomic mass is 9.74. The predicted molar refractivity (Wildman–Crippen MR) is 107 cm³/mol. The lowest BCUT2D eigenvalue weighted by Gasteiger charge is -2.36. The fourth-order valence-corrected chi connectivity index (χ4v) is 6.12. The summed E-state index contributed by atoms with van der Waals surface area (Å²) in [6, 6.07) is -0.185. The van der Waals surface area contributed by atoms with Crippen LogP contribution in [0.1, 0.15) is 50.4 Å². The summed E-state index contributed by atoms with van der Waals surface area (Å²) in [5.41, 5.74) is 2.41. The van der Waals surface area contributed by atoms with Crippen LogP contribution in [-0.2, 0) is 21.1 Å². The van der Waals surface area contributed by atoms with Gasteiger partial charge in [0.1, 0.15) is 5.69 Å². The van der Waals surface area contributed by atoms with Gasteiger partial charge in [-0.05, 0) is 30.6 Å². The molecule has 2 aromatic rings. The molecule has 1 aliphatic heterocycles. The van der Waals surface area contributed by atoms with Crippen molar-refractivity contribution in [2.24, 2.45) is 11.3 Å². The van der Waals surface area contributed by atoms with E-state index in [2.05, 4.69) is 34.1 Å². The van der Waals surface area contributed by atoms with Gasteiger partial charge >= 0.3 is 0 Å². The molecule has 0 aromatic carbocycles. The van der Waals surface area contributed by atoms with Gasteiger partial charge in [0, 0.05) is 30.6 Å². The average Bonchev–Trinajstić information content (AvgIpc) is 2.99. The first-order chi connectivity index (χ1) is 13.7. The maximum Gasteiger partial charge on any atom is 0.220 e. The van der Waals surface area contributed by atoms with Gasteiger partial charge in [-0.1, -0.05) is 13.8 Å². The first-order valence-electron chi connectivity index (χ1n) is 9.83. The van der Waals surface area contributed by atoms with E-state index in [1.807, 2.05) is 0 Å². The molecule has 0 radical (unpaired) electrons. The minimum Gasteiger partial charge on any atom is -0.349 e. The Morgan fingerprint density at radius 2 is 2.07 bits per heavy atom. The molecule has 2 atom stereocenters. The van der Waals surface area contributed by atoms with Crippen molar-refractivity contribution in [1.29, 1.82) is 0 Å². The molecule has 8 nitrogen and oxygen atoms in total. The standard InChI is InChI=1S/C20H25N5O3S/c1-20(2)8-15(24-18(26)7-13-3-6-29(27,28)12-13)14-10-23-19(25-16(14)9-20)17-11-21-4-5-22-17/h4-5,10-11,13,15H,3,6-9,12H2,1-2H3,(H,24,26)/t13-,15-/m0/s1. The number of hydrogen-bond donors (Lipinski definition) is 1. The van der Waals surface area contributed by atoms with Gasteiger partial charge in [-0.2, -0.15) is 0 Å². The lowest BCUT2D eigenvalue weighted by molar-refractivity contribution is -0.122. The number of aromatic nitrogens is 4. The third-order valence-electron chi connectivity index (χ3n) is 5.61. The molecule has 0 unspecified atom stereocenters. The number of carbonyl (C=O) groups is 1. The first kappa shape index (κ1) is 19.9. The summed E-state index contributed by atoms with van der Waals surface area (Å²) in [4.78, 5) is 30.1. The van der Waals surface area contributed by atoms with Crippen molar-refractivity contribution in [3.05, 3.63) is 36.0 Å². The summed E-state index contributed by atoms with van der Waals surface area (Å²) in [5.74, 6) is 0.613. The van der Waals surface area contributed by atoms with Gasteiger partial charge in [0.15, 0.2) is 15.7 Å². The van der Waals surface area contributed by atoms with E-state index in [-0.39, 0.29) is 41.2 Å². The minimum absolute atomic E-state index is 0.0321. The van der Waals surface area contributed by atoms with Crippen molar-refractivity contribution in [2.75, 3.05) is 11.5 Å². The maximum atomic E-state index is 12.6. The zero-order chi connectivity index (χ0) is 20.6. The van der Waals surface area contributed by atoms with Crippen LogP contribution >= 0.6 is 0 Å². The molecular formula is C20H25N5O3S. The highest BCUT2D eigenvalue weighted by molar-refractivity contribution is 7.91. The molecule has 9 heteroatoms. The zero-order valence-electron chi connectivity index (χ0n) is 16.6. The zero-order valence-corrected chi connectivity index (χ0v) is 17.4. The number of hydrogen-bond acceptors (Lipinski definition) is 7. The number of carbonyl (C=O) groups excluding carboxylic acids is 1. The van der Waals surface area contributed by atoms with Crippen molar-refractivity contribution in [3.63, 3.8) is 0 Å². The molecule has 1 saturated heterocycles. The van der Waals surface area contributed by atoms with Crippen LogP contribution in [0.2, 0.25) is 0 Å². The van der Waals surface area contributed by atoms with Crippen molar-refractivity contribution >= 4 is 15.7 Å². The van der Waals surface area contributed by atoms with E-state index in [0.717, 1.165) is 24.1 Å². The van der Waals surface area contributed by atoms with Crippen molar-refractivity contribution in [2.45, 2.75) is 45.6 Å². The van der Waals surface area contributed by atoms with Crippen molar-refractivity contribution < 1.29 is 13.2 Å². The molecule has 3 heterocycles. The molecule has 1 fully saturated rings. The topological polar surface area (TPSA) is 115 Å². The maximum absolute atomic E-state index is 12.6. The molecule has 4 rings (SSSR count). The summed E-state index contributed by atoms with van der Waals surface area (Å²) in [7, 11) is -2.98. The van der Waals surface area contributed by atoms with E-state index in [1.165, 1.54) is 0 Å². The number of amides is 1. The van der Waals surface area contributed by atoms with E-state index < -0.39 is 9.84 Å². The minimum atomic E-state index is -2.98. The fourth-order valence-electron chi connectivity index (χ4n) is 4.26. The first-order valence-corrected chi connectivity index (χ1v) is 11.6. The fraction of sp³-hybridized carbons (Fsp3) is 0.550. The van der Waals surface area contributed by atoms with Gasteiger partial charge in [-0.25, -0.2) is 23.4 Å². The quantitative estimate of drug-likeness (QED) is 0.811. The number of nitrogens with one attached hydrogen (secondary N) is 1. The molecule has 1 N–H and O–H groups in total. The summed E-state index contributed by atoms with van der Waals surface area (Å²) in [5, 5.41) is 3.10. The molecular weight excluding hydrogens is 390 g/mol. The molecule has 154 valence electrons. The molecule has 2 aromatic heterocycles. The third kappa shape index (κ3) is 4.60. The van der Waals surface area contributed by atoms with Gasteiger partial charge in [0.2, 0.25) is 5.91 Å². The number of rotatable bonds is 4. The number of nitrogens with zero attached hydrogens (tertiary/aromatic N) is 4. The SMILES string of the molecule is CC1(C)Cc2nc(-c3cnccn3)ncc2[C@@H](NC(=O)C[C@@H]2CCS(=O)(=O)C2)C1. The Balaban J connectivity index is 1.53. The molecule has 2 aliphatic rings. The Kier molecular flexibility index (Phi) is 5.10. The van der Waals surface area contributed by atoms with Crippen molar-refractivity contribution in [3.8, 4) is 11.5 Å². The van der Waals surface area contributed by atoms with E-state index >= 15 is 0 Å². The molecule has 29 heavy (non-hydrogen) atoms. The second-order valence-corrected chi connectivity index (χ2v) is 11.1. The molecule has 1 aliphatic carbocycles. The lowest BCUT2D eigenvalue weighted by Crippen LogP contribution is -2.37. The second-order valence-electron chi connectivity index (χ2n) is 8.82. The molecule has 0 spiro atoms. The average molecular weight is 416 g/mol. The molecule has 0 bridgehead atoms. The van der Waals surface area contributed by atoms with Crippen LogP contribution in [-0.4, -0.2) is 45.8 Å². The van der Waals surface area contributed by atoms with Gasteiger partial charge in [-0.3, -0.25) is 9.78 Å². The Labute approximate surface area is 170 Å². The summed E-state index contributed by atoms with van der Waals surface area (Å²) < 4.78 is 23.3. The van der Waals surface area contributed by atoms with Crippen LogP contribution in [0.4, 0.5) is 0 Å². The van der Waals surface area contributed by atoms with E-state index in [9.17, 15) is 13.2 Å². The van der Waals surface area contributed by atoms with Crippen LogP contribution in [0.3, 0.4) is 0 Å². The Hall–Kier alpha value is -2.42. The van der Waals surface area contributed by atoms with Crippen LogP contribution in [0.5, 0.6) is 0 Å². The summed E-state index contributed by atoms with van der Waals surface area (Å²) >= 11 is 0. The molecule has 1 amide bonds. The van der Waals surface area contributed by atoms with Gasteiger partial charge in [0.05, 0.1) is 29.4 Å². The van der Waals surface area contributed by atoms with E-state index in [1.54, 1.807) is 24.8 Å². The normalized spacial score (nSPS) is 24.6. The largest absolute Gasteiger partial charge is 0.349 e. The van der Waals surface area contributed by atoms with Crippen LogP contribution in [0, 0.1) is 11.3 Å². The highest BCUT2D eigenvalue weighted by atomic mass is 32.2. The van der Waals surface area contributed by atoms with Gasteiger partial charge < -0.3 is 5.32 Å². The second kappa shape index (κ2) is 7.44. The van der Waals surface area contributed by atoms with Crippen LogP contribution in [0.25, 0.3) is 11.5 Å². The van der Waals surface area contributed by atoms with Gasteiger partial charge in [-0.15, -0.1) is 0 Å². The Bertz CT molecular complexity index is 1020. The smallest absolute Gasteiger partial charge is 0.220 e. The highest BCUT2D eigenvalue weighted by Gasteiger charge is 2.36. The van der Waals surface area contributed by atoms with Crippen LogP contribution in [0.15, 0.2) is 24.8 Å². The summed E-state index contributed by atoms with van der Waals surface area (Å²) in [6.45, 7) is 4.31. The third-order valence-corrected chi connectivity index (χ3v) is 7.44. The summed E-state index contributed by atoms with van der Waals surface area (Å²) in [6.07, 6.45) is 8.97. The highest BCUT2D eigenvalue weighted by Crippen LogP contribution is 2.40. The number of sulfone groups is 1. The van der Waals surface area contributed by atoms with E-state index in [4.69, 9.17) is 4.98 Å². The monoisotopic (exact) mass is 415 g/mol. The van der Waals surface area contributed by atoms with E-state index in [0.29, 0.717) is 17.9 Å². The predicted octanol–water partition coefficient (Wildman–Crippen LogP) is 1.89. The van der Waals surface area contributed by atoms with Gasteiger partial charge in [0.25, 0.3) is 0 Å². The number of fused-ring (bicyclic) bond motifs is 1. The van der Waals surface area contributed by atoms with Crippen molar-refractivity contribution in [1.82, 2.24) is 25.3 Å².